The van der Waals surface area contributed by atoms with E-state index < -0.39 is 0 Å². The summed E-state index contributed by atoms with van der Waals surface area (Å²) in [5, 5.41) is 3.45. The minimum Gasteiger partial charge on any atom is -0.489 e. The molecule has 0 bridgehead atoms. The predicted octanol–water partition coefficient (Wildman–Crippen LogP) is 6.76. The van der Waals surface area contributed by atoms with Gasteiger partial charge in [0.2, 0.25) is 0 Å². The summed E-state index contributed by atoms with van der Waals surface area (Å²) in [6, 6.07) is 22.4. The number of benzene rings is 3. The third kappa shape index (κ3) is 6.06. The Morgan fingerprint density at radius 3 is 2.47 bits per heavy atom. The number of carbonyl (C=O) groups excluding carboxylic acids is 1. The summed E-state index contributed by atoms with van der Waals surface area (Å²) in [6.45, 7) is 8.57. The van der Waals surface area contributed by atoms with E-state index in [1.807, 2.05) is 42.5 Å². The Labute approximate surface area is 205 Å². The molecular formula is C29H28N2O2S. The fourth-order valence-electron chi connectivity index (χ4n) is 3.55. The first kappa shape index (κ1) is 23.6. The maximum absolute atomic E-state index is 12.5. The highest BCUT2D eigenvalue weighted by atomic mass is 32.2. The molecule has 3 aromatic rings. The van der Waals surface area contributed by atoms with Crippen LogP contribution in [0.25, 0.3) is 6.08 Å². The molecule has 4 nitrogen and oxygen atoms in total. The van der Waals surface area contributed by atoms with Gasteiger partial charge < -0.3 is 10.1 Å². The van der Waals surface area contributed by atoms with Crippen molar-refractivity contribution < 1.29 is 9.53 Å². The zero-order chi connectivity index (χ0) is 23.9. The molecule has 3 aromatic carbocycles. The molecule has 0 saturated carbocycles. The standard InChI is InChI=1S/C29H28N2O2S/c1-4-6-24-17-23(13-16-26(24)33-19-22-9-7-20(3)8-10-22)18-27-28(32)31-29(34-27)30-25-14-11-21(5-2)12-15-25/h4,7-18H,1,5-6,19H2,2-3H3,(H,30,31,32)/b27-18-. The quantitative estimate of drug-likeness (QED) is 0.294. The van der Waals surface area contributed by atoms with Gasteiger partial charge in [-0.3, -0.25) is 4.79 Å². The Hall–Kier alpha value is -3.57. The van der Waals surface area contributed by atoms with Crippen LogP contribution in [0, 0.1) is 6.92 Å². The molecule has 0 unspecified atom stereocenters. The highest BCUT2D eigenvalue weighted by Gasteiger charge is 2.24. The molecular weight excluding hydrogens is 440 g/mol. The van der Waals surface area contributed by atoms with Gasteiger partial charge in [-0.15, -0.1) is 6.58 Å². The second-order valence-electron chi connectivity index (χ2n) is 8.14. The smallest absolute Gasteiger partial charge is 0.264 e. The Morgan fingerprint density at radius 1 is 1.03 bits per heavy atom. The third-order valence-corrected chi connectivity index (χ3v) is 6.40. The zero-order valence-electron chi connectivity index (χ0n) is 19.5. The van der Waals surface area contributed by atoms with E-state index in [0.717, 1.165) is 34.5 Å². The first-order chi connectivity index (χ1) is 16.5. The Kier molecular flexibility index (Phi) is 7.65. The van der Waals surface area contributed by atoms with E-state index in [-0.39, 0.29) is 5.91 Å². The first-order valence-electron chi connectivity index (χ1n) is 11.3. The first-order valence-corrected chi connectivity index (χ1v) is 12.2. The van der Waals surface area contributed by atoms with E-state index >= 15 is 0 Å². The molecule has 0 aliphatic carbocycles. The van der Waals surface area contributed by atoms with E-state index in [4.69, 9.17) is 4.74 Å². The number of nitrogens with one attached hydrogen (secondary N) is 1. The SMILES string of the molecule is C=CCc1cc(/C=C2\SC(=Nc3ccc(CC)cc3)NC2=O)ccc1OCc1ccc(C)cc1. The fraction of sp³-hybridized carbons (Fsp3) is 0.172. The summed E-state index contributed by atoms with van der Waals surface area (Å²) in [7, 11) is 0. The van der Waals surface area contributed by atoms with Crippen LogP contribution < -0.4 is 10.1 Å². The molecule has 1 aliphatic heterocycles. The number of aliphatic imine (C=N–C) groups is 1. The number of amides is 1. The molecule has 0 spiro atoms. The molecule has 1 saturated heterocycles. The summed E-state index contributed by atoms with van der Waals surface area (Å²) < 4.78 is 6.09. The van der Waals surface area contributed by atoms with Crippen LogP contribution in [0.5, 0.6) is 5.75 Å². The highest BCUT2D eigenvalue weighted by Crippen LogP contribution is 2.30. The Bertz CT molecular complexity index is 1240. The van der Waals surface area contributed by atoms with Gasteiger partial charge in [0.1, 0.15) is 12.4 Å². The molecule has 0 atom stereocenters. The lowest BCUT2D eigenvalue weighted by molar-refractivity contribution is -0.115. The Morgan fingerprint density at radius 2 is 1.76 bits per heavy atom. The van der Waals surface area contributed by atoms with Gasteiger partial charge in [-0.05, 0) is 84.1 Å². The van der Waals surface area contributed by atoms with Crippen molar-refractivity contribution in [2.75, 3.05) is 0 Å². The van der Waals surface area contributed by atoms with Gasteiger partial charge in [0, 0.05) is 0 Å². The summed E-state index contributed by atoms with van der Waals surface area (Å²) in [5.41, 5.74) is 6.40. The minimum atomic E-state index is -0.140. The van der Waals surface area contributed by atoms with Crippen molar-refractivity contribution in [2.45, 2.75) is 33.3 Å². The monoisotopic (exact) mass is 468 g/mol. The van der Waals surface area contributed by atoms with Crippen LogP contribution in [0.15, 0.2) is 89.3 Å². The number of amidine groups is 1. The molecule has 4 rings (SSSR count). The summed E-state index contributed by atoms with van der Waals surface area (Å²) in [4.78, 5) is 17.7. The number of ether oxygens (including phenoxy) is 1. The van der Waals surface area contributed by atoms with Crippen molar-refractivity contribution in [2.24, 2.45) is 4.99 Å². The number of carbonyl (C=O) groups is 1. The maximum Gasteiger partial charge on any atom is 0.264 e. The van der Waals surface area contributed by atoms with E-state index in [1.165, 1.54) is 22.9 Å². The highest BCUT2D eigenvalue weighted by molar-refractivity contribution is 8.18. The van der Waals surface area contributed by atoms with Crippen LogP contribution in [-0.2, 0) is 24.2 Å². The second kappa shape index (κ2) is 11.0. The fourth-order valence-corrected chi connectivity index (χ4v) is 4.39. The van der Waals surface area contributed by atoms with E-state index in [2.05, 4.69) is 67.1 Å². The van der Waals surface area contributed by atoms with Crippen molar-refractivity contribution in [3.05, 3.63) is 112 Å². The molecule has 1 fully saturated rings. The number of rotatable bonds is 8. The number of thioether (sulfide) groups is 1. The molecule has 1 N–H and O–H groups in total. The average molecular weight is 469 g/mol. The van der Waals surface area contributed by atoms with Crippen LogP contribution in [-0.4, -0.2) is 11.1 Å². The van der Waals surface area contributed by atoms with Crippen molar-refractivity contribution >= 4 is 34.6 Å². The number of hydrogen-bond donors (Lipinski definition) is 1. The minimum absolute atomic E-state index is 0.140. The average Bonchev–Trinajstić information content (AvgIpc) is 3.18. The predicted molar refractivity (Wildman–Crippen MR) is 142 cm³/mol. The molecule has 0 aromatic heterocycles. The van der Waals surface area contributed by atoms with Crippen LogP contribution in [0.2, 0.25) is 0 Å². The number of allylic oxidation sites excluding steroid dienone is 1. The number of nitrogens with zero attached hydrogens (tertiary/aromatic N) is 1. The zero-order valence-corrected chi connectivity index (χ0v) is 20.3. The third-order valence-electron chi connectivity index (χ3n) is 5.49. The van der Waals surface area contributed by atoms with E-state index in [0.29, 0.717) is 23.1 Å². The largest absolute Gasteiger partial charge is 0.489 e. The molecule has 0 radical (unpaired) electrons. The molecule has 5 heteroatoms. The van der Waals surface area contributed by atoms with Gasteiger partial charge in [-0.25, -0.2) is 4.99 Å². The van der Waals surface area contributed by atoms with Gasteiger partial charge in [0.05, 0.1) is 10.6 Å². The topological polar surface area (TPSA) is 50.7 Å². The maximum atomic E-state index is 12.5. The van der Waals surface area contributed by atoms with Crippen LogP contribution in [0.3, 0.4) is 0 Å². The van der Waals surface area contributed by atoms with Gasteiger partial charge in [-0.2, -0.15) is 0 Å². The normalized spacial score (nSPS) is 15.5. The van der Waals surface area contributed by atoms with Crippen LogP contribution in [0.4, 0.5) is 5.69 Å². The lowest BCUT2D eigenvalue weighted by atomic mass is 10.1. The van der Waals surface area contributed by atoms with Crippen molar-refractivity contribution in [1.82, 2.24) is 5.32 Å². The van der Waals surface area contributed by atoms with E-state index in [1.54, 1.807) is 0 Å². The van der Waals surface area contributed by atoms with Crippen molar-refractivity contribution in [3.63, 3.8) is 0 Å². The molecule has 172 valence electrons. The van der Waals surface area contributed by atoms with Gasteiger partial charge in [-0.1, -0.05) is 61.0 Å². The van der Waals surface area contributed by atoms with Crippen molar-refractivity contribution in [3.8, 4) is 5.75 Å². The van der Waals surface area contributed by atoms with Crippen LogP contribution in [0.1, 0.15) is 34.7 Å². The van der Waals surface area contributed by atoms with Gasteiger partial charge >= 0.3 is 0 Å². The van der Waals surface area contributed by atoms with Crippen LogP contribution >= 0.6 is 11.8 Å². The molecule has 1 heterocycles. The molecule has 34 heavy (non-hydrogen) atoms. The number of aryl methyl sites for hydroxylation is 2. The summed E-state index contributed by atoms with van der Waals surface area (Å²) >= 11 is 1.35. The van der Waals surface area contributed by atoms with Gasteiger partial charge in [0.25, 0.3) is 5.91 Å². The Balaban J connectivity index is 1.49. The lowest BCUT2D eigenvalue weighted by Gasteiger charge is -2.12. The summed E-state index contributed by atoms with van der Waals surface area (Å²) in [5.74, 6) is 0.683. The number of hydrogen-bond acceptors (Lipinski definition) is 4. The summed E-state index contributed by atoms with van der Waals surface area (Å²) in [6.07, 6.45) is 5.41. The molecule has 1 aliphatic rings. The van der Waals surface area contributed by atoms with Crippen molar-refractivity contribution in [1.29, 1.82) is 0 Å². The second-order valence-corrected chi connectivity index (χ2v) is 9.17. The molecule has 1 amide bonds. The van der Waals surface area contributed by atoms with Gasteiger partial charge in [0.15, 0.2) is 5.17 Å². The lowest BCUT2D eigenvalue weighted by Crippen LogP contribution is -2.19. The van der Waals surface area contributed by atoms with E-state index in [9.17, 15) is 4.79 Å².